The molecule has 112 valence electrons. The zero-order valence-electron chi connectivity index (χ0n) is 12.5. The number of likely N-dealkylation sites (tertiary alicyclic amines) is 1. The summed E-state index contributed by atoms with van der Waals surface area (Å²) in [4.78, 5) is 13.4. The molecular formula is C14H28N2O3. The molecule has 0 aliphatic carbocycles. The van der Waals surface area contributed by atoms with E-state index in [0.717, 1.165) is 13.1 Å². The Morgan fingerprint density at radius 1 is 1.37 bits per heavy atom. The van der Waals surface area contributed by atoms with Gasteiger partial charge in [-0.2, -0.15) is 0 Å². The molecule has 5 heteroatoms. The van der Waals surface area contributed by atoms with Crippen molar-refractivity contribution < 1.29 is 14.3 Å². The van der Waals surface area contributed by atoms with Crippen LogP contribution in [0.2, 0.25) is 0 Å². The zero-order valence-corrected chi connectivity index (χ0v) is 12.5. The summed E-state index contributed by atoms with van der Waals surface area (Å²) >= 11 is 0. The Hall–Kier alpha value is -0.650. The number of piperidine rings is 1. The molecule has 0 aromatic heterocycles. The third kappa shape index (κ3) is 6.89. The first-order chi connectivity index (χ1) is 9.06. The van der Waals surface area contributed by atoms with Crippen LogP contribution in [0, 0.1) is 5.41 Å². The number of nitrogens with one attached hydrogen (secondary N) is 1. The van der Waals surface area contributed by atoms with Crippen molar-refractivity contribution in [3.05, 3.63) is 0 Å². The largest absolute Gasteiger partial charge is 0.464 e. The highest BCUT2D eigenvalue weighted by Gasteiger charge is 2.28. The quantitative estimate of drug-likeness (QED) is 0.525. The average molecular weight is 272 g/mol. The van der Waals surface area contributed by atoms with Crippen LogP contribution in [0.5, 0.6) is 0 Å². The van der Waals surface area contributed by atoms with Gasteiger partial charge in [-0.3, -0.25) is 0 Å². The zero-order chi connectivity index (χ0) is 14.1. The van der Waals surface area contributed by atoms with Crippen molar-refractivity contribution in [1.82, 2.24) is 10.2 Å². The van der Waals surface area contributed by atoms with Gasteiger partial charge in [-0.05, 0) is 45.3 Å². The molecule has 19 heavy (non-hydrogen) atoms. The van der Waals surface area contributed by atoms with Crippen LogP contribution in [-0.4, -0.2) is 63.9 Å². The van der Waals surface area contributed by atoms with Crippen molar-refractivity contribution in [2.75, 3.05) is 53.0 Å². The summed E-state index contributed by atoms with van der Waals surface area (Å²) in [5.41, 5.74) is 0.396. The van der Waals surface area contributed by atoms with Crippen LogP contribution in [0.3, 0.4) is 0 Å². The monoisotopic (exact) mass is 272 g/mol. The minimum atomic E-state index is -0.287. The molecule has 0 spiro atoms. The molecule has 0 bridgehead atoms. The van der Waals surface area contributed by atoms with Gasteiger partial charge in [-0.25, -0.2) is 4.79 Å². The standard InChI is InChI=1S/C14H28N2O3/c1-4-19-13(17)11-18-10-7-15-12-14(2)5-8-16(3)9-6-14/h15H,4-12H2,1-3H3. The fourth-order valence-corrected chi connectivity index (χ4v) is 2.23. The maximum Gasteiger partial charge on any atom is 0.332 e. The second-order valence-corrected chi connectivity index (χ2v) is 5.65. The molecule has 5 nitrogen and oxygen atoms in total. The minimum absolute atomic E-state index is 0.0532. The molecule has 1 heterocycles. The molecule has 0 saturated carbocycles. The van der Waals surface area contributed by atoms with Gasteiger partial charge in [-0.15, -0.1) is 0 Å². The maximum atomic E-state index is 11.0. The summed E-state index contributed by atoms with van der Waals surface area (Å²) in [6.07, 6.45) is 2.47. The van der Waals surface area contributed by atoms with Crippen LogP contribution >= 0.6 is 0 Å². The van der Waals surface area contributed by atoms with Gasteiger partial charge in [0, 0.05) is 13.1 Å². The van der Waals surface area contributed by atoms with Gasteiger partial charge < -0.3 is 19.7 Å². The van der Waals surface area contributed by atoms with E-state index in [1.807, 2.05) is 0 Å². The summed E-state index contributed by atoms with van der Waals surface area (Å²) in [6.45, 7) is 9.30. The molecule has 0 radical (unpaired) electrons. The van der Waals surface area contributed by atoms with Crippen molar-refractivity contribution in [1.29, 1.82) is 0 Å². The number of esters is 1. The molecule has 0 unspecified atom stereocenters. The first-order valence-corrected chi connectivity index (χ1v) is 7.18. The van der Waals surface area contributed by atoms with E-state index < -0.39 is 0 Å². The van der Waals surface area contributed by atoms with E-state index >= 15 is 0 Å². The van der Waals surface area contributed by atoms with Gasteiger partial charge in [0.2, 0.25) is 0 Å². The van der Waals surface area contributed by atoms with Gasteiger partial charge in [0.1, 0.15) is 6.61 Å². The van der Waals surface area contributed by atoms with Crippen molar-refractivity contribution >= 4 is 5.97 Å². The summed E-state index contributed by atoms with van der Waals surface area (Å²) in [6, 6.07) is 0. The molecule has 1 fully saturated rings. The van der Waals surface area contributed by atoms with Crippen LogP contribution in [0.4, 0.5) is 0 Å². The number of rotatable bonds is 8. The van der Waals surface area contributed by atoms with Gasteiger partial charge in [0.05, 0.1) is 13.2 Å². The van der Waals surface area contributed by atoms with E-state index in [2.05, 4.69) is 24.2 Å². The van der Waals surface area contributed by atoms with Gasteiger partial charge >= 0.3 is 5.97 Å². The van der Waals surface area contributed by atoms with Gasteiger partial charge in [-0.1, -0.05) is 6.92 Å². The fraction of sp³-hybridized carbons (Fsp3) is 0.929. The lowest BCUT2D eigenvalue weighted by molar-refractivity contribution is -0.148. The first-order valence-electron chi connectivity index (χ1n) is 7.18. The number of ether oxygens (including phenoxy) is 2. The van der Waals surface area contributed by atoms with Crippen LogP contribution in [0.1, 0.15) is 26.7 Å². The smallest absolute Gasteiger partial charge is 0.332 e. The highest BCUT2D eigenvalue weighted by atomic mass is 16.6. The van der Waals surface area contributed by atoms with E-state index in [1.165, 1.54) is 25.9 Å². The van der Waals surface area contributed by atoms with Crippen molar-refractivity contribution in [3.8, 4) is 0 Å². The normalized spacial score (nSPS) is 19.3. The average Bonchev–Trinajstić information content (AvgIpc) is 2.38. The summed E-state index contributed by atoms with van der Waals surface area (Å²) < 4.78 is 10.0. The maximum absolute atomic E-state index is 11.0. The lowest BCUT2D eigenvalue weighted by Gasteiger charge is -2.38. The van der Waals surface area contributed by atoms with Crippen LogP contribution < -0.4 is 5.32 Å². The predicted octanol–water partition coefficient (Wildman–Crippen LogP) is 0.888. The minimum Gasteiger partial charge on any atom is -0.464 e. The second kappa shape index (κ2) is 8.51. The number of nitrogens with zero attached hydrogens (tertiary/aromatic N) is 1. The van der Waals surface area contributed by atoms with E-state index in [4.69, 9.17) is 9.47 Å². The Balaban J connectivity index is 2.00. The molecule has 1 aliphatic rings. The Bertz CT molecular complexity index is 263. The van der Waals surface area contributed by atoms with E-state index in [0.29, 0.717) is 18.6 Å². The van der Waals surface area contributed by atoms with Crippen LogP contribution in [0.15, 0.2) is 0 Å². The van der Waals surface area contributed by atoms with Gasteiger partial charge in [0.15, 0.2) is 0 Å². The Labute approximate surface area is 116 Å². The van der Waals surface area contributed by atoms with Crippen molar-refractivity contribution in [3.63, 3.8) is 0 Å². The first kappa shape index (κ1) is 16.4. The lowest BCUT2D eigenvalue weighted by Crippen LogP contribution is -2.42. The summed E-state index contributed by atoms with van der Waals surface area (Å²) in [5, 5.41) is 3.42. The molecule has 1 saturated heterocycles. The molecule has 1 aliphatic heterocycles. The van der Waals surface area contributed by atoms with E-state index in [9.17, 15) is 4.79 Å². The highest BCUT2D eigenvalue weighted by Crippen LogP contribution is 2.29. The van der Waals surface area contributed by atoms with Gasteiger partial charge in [0.25, 0.3) is 0 Å². The number of carbonyl (C=O) groups is 1. The highest BCUT2D eigenvalue weighted by molar-refractivity contribution is 5.70. The Morgan fingerprint density at radius 2 is 2.05 bits per heavy atom. The third-order valence-electron chi connectivity index (χ3n) is 3.69. The molecule has 0 amide bonds. The summed E-state index contributed by atoms with van der Waals surface area (Å²) in [5.74, 6) is -0.287. The SMILES string of the molecule is CCOC(=O)COCCNCC1(C)CCN(C)CC1. The third-order valence-corrected chi connectivity index (χ3v) is 3.69. The van der Waals surface area contributed by atoms with E-state index in [1.54, 1.807) is 6.92 Å². The van der Waals surface area contributed by atoms with E-state index in [-0.39, 0.29) is 12.6 Å². The number of hydrogen-bond donors (Lipinski definition) is 1. The number of carbonyl (C=O) groups excluding carboxylic acids is 1. The summed E-state index contributed by atoms with van der Waals surface area (Å²) in [7, 11) is 2.18. The predicted molar refractivity (Wildman–Crippen MR) is 75.2 cm³/mol. The molecule has 0 atom stereocenters. The van der Waals surface area contributed by atoms with Crippen LogP contribution in [-0.2, 0) is 14.3 Å². The molecular weight excluding hydrogens is 244 g/mol. The second-order valence-electron chi connectivity index (χ2n) is 5.65. The molecule has 0 aromatic carbocycles. The van der Waals surface area contributed by atoms with Crippen molar-refractivity contribution in [2.24, 2.45) is 5.41 Å². The Morgan fingerprint density at radius 3 is 2.68 bits per heavy atom. The van der Waals surface area contributed by atoms with Crippen LogP contribution in [0.25, 0.3) is 0 Å². The molecule has 0 aromatic rings. The molecule has 1 N–H and O–H groups in total. The Kier molecular flexibility index (Phi) is 7.34. The number of hydrogen-bond acceptors (Lipinski definition) is 5. The molecule has 1 rings (SSSR count). The topological polar surface area (TPSA) is 50.8 Å². The van der Waals surface area contributed by atoms with Crippen molar-refractivity contribution in [2.45, 2.75) is 26.7 Å². The fourth-order valence-electron chi connectivity index (χ4n) is 2.23. The lowest BCUT2D eigenvalue weighted by atomic mass is 9.80.